The van der Waals surface area contributed by atoms with Gasteiger partial charge in [0.1, 0.15) is 0 Å². The van der Waals surface area contributed by atoms with Crippen LogP contribution in [0.4, 0.5) is 0 Å². The van der Waals surface area contributed by atoms with E-state index in [4.69, 9.17) is 0 Å². The Labute approximate surface area is 118 Å². The van der Waals surface area contributed by atoms with E-state index in [0.29, 0.717) is 32.4 Å². The van der Waals surface area contributed by atoms with Gasteiger partial charge in [-0.25, -0.2) is 0 Å². The number of nitrogens with zero attached hydrogens (tertiary/aromatic N) is 2. The van der Waals surface area contributed by atoms with Crippen molar-refractivity contribution in [3.63, 3.8) is 0 Å². The van der Waals surface area contributed by atoms with Crippen LogP contribution in [0.3, 0.4) is 0 Å². The quantitative estimate of drug-likeness (QED) is 0.805. The van der Waals surface area contributed by atoms with E-state index in [2.05, 4.69) is 0 Å². The van der Waals surface area contributed by atoms with E-state index in [1.165, 1.54) is 0 Å². The number of hydrogen-bond donors (Lipinski definition) is 1. The molecule has 0 saturated carbocycles. The van der Waals surface area contributed by atoms with Gasteiger partial charge in [0, 0.05) is 26.1 Å². The first-order valence-electron chi connectivity index (χ1n) is 7.27. The van der Waals surface area contributed by atoms with E-state index in [-0.39, 0.29) is 24.9 Å². The Morgan fingerprint density at radius 3 is 2.65 bits per heavy atom. The summed E-state index contributed by atoms with van der Waals surface area (Å²) in [5, 5.41) is 9.42. The molecule has 2 fully saturated rings. The molecule has 2 saturated heterocycles. The number of carboxylic acids is 1. The molecule has 2 aliphatic heterocycles. The van der Waals surface area contributed by atoms with Crippen LogP contribution >= 0.6 is 0 Å². The minimum absolute atomic E-state index is 0.0237. The number of carbonyl (C=O) groups excluding carboxylic acids is 2. The molecule has 0 aromatic rings. The van der Waals surface area contributed by atoms with E-state index >= 15 is 0 Å². The lowest BCUT2D eigenvalue weighted by Gasteiger charge is -2.25. The van der Waals surface area contributed by atoms with Gasteiger partial charge in [0.25, 0.3) is 0 Å². The highest BCUT2D eigenvalue weighted by Gasteiger charge is 2.45. The summed E-state index contributed by atoms with van der Waals surface area (Å²) in [4.78, 5) is 38.4. The number of rotatable bonds is 5. The molecule has 0 radical (unpaired) electrons. The first kappa shape index (κ1) is 14.8. The summed E-state index contributed by atoms with van der Waals surface area (Å²) in [5.74, 6) is -0.915. The summed E-state index contributed by atoms with van der Waals surface area (Å²) >= 11 is 0. The molecule has 1 unspecified atom stereocenters. The van der Waals surface area contributed by atoms with Gasteiger partial charge in [-0.1, -0.05) is 13.3 Å². The zero-order valence-corrected chi connectivity index (χ0v) is 11.9. The van der Waals surface area contributed by atoms with Crippen LogP contribution in [0.25, 0.3) is 0 Å². The molecular formula is C14H22N2O4. The van der Waals surface area contributed by atoms with Crippen molar-refractivity contribution in [1.29, 1.82) is 0 Å². The van der Waals surface area contributed by atoms with Gasteiger partial charge in [-0.3, -0.25) is 14.4 Å². The highest BCUT2D eigenvalue weighted by Crippen LogP contribution is 2.35. The highest BCUT2D eigenvalue weighted by molar-refractivity contribution is 5.87. The molecule has 0 bridgehead atoms. The number of hydrogen-bond acceptors (Lipinski definition) is 3. The molecular weight excluding hydrogens is 260 g/mol. The smallest absolute Gasteiger partial charge is 0.311 e. The fourth-order valence-electron chi connectivity index (χ4n) is 3.18. The van der Waals surface area contributed by atoms with Gasteiger partial charge in [0.2, 0.25) is 11.8 Å². The largest absolute Gasteiger partial charge is 0.481 e. The van der Waals surface area contributed by atoms with E-state index < -0.39 is 11.4 Å². The Morgan fingerprint density at radius 2 is 2.10 bits per heavy atom. The van der Waals surface area contributed by atoms with Crippen molar-refractivity contribution in [2.24, 2.45) is 5.41 Å². The van der Waals surface area contributed by atoms with Crippen molar-refractivity contribution in [3.8, 4) is 0 Å². The van der Waals surface area contributed by atoms with Gasteiger partial charge in [0.15, 0.2) is 0 Å². The number of aliphatic carboxylic acids is 1. The summed E-state index contributed by atoms with van der Waals surface area (Å²) in [7, 11) is 0. The van der Waals surface area contributed by atoms with Gasteiger partial charge in [-0.15, -0.1) is 0 Å². The molecule has 0 aliphatic carbocycles. The van der Waals surface area contributed by atoms with Crippen LogP contribution < -0.4 is 0 Å². The minimum Gasteiger partial charge on any atom is -0.481 e. The second-order valence-corrected chi connectivity index (χ2v) is 5.82. The fourth-order valence-corrected chi connectivity index (χ4v) is 3.18. The Balaban J connectivity index is 1.95. The van der Waals surface area contributed by atoms with Crippen molar-refractivity contribution >= 4 is 17.8 Å². The average molecular weight is 282 g/mol. The minimum atomic E-state index is -0.813. The summed E-state index contributed by atoms with van der Waals surface area (Å²) in [6.07, 6.45) is 3.22. The Bertz CT molecular complexity index is 423. The number of carbonyl (C=O) groups is 3. The zero-order chi connectivity index (χ0) is 14.8. The molecule has 20 heavy (non-hydrogen) atoms. The number of carboxylic acid groups (broad SMARTS) is 1. The Kier molecular flexibility index (Phi) is 4.30. The van der Waals surface area contributed by atoms with Gasteiger partial charge in [-0.2, -0.15) is 0 Å². The summed E-state index contributed by atoms with van der Waals surface area (Å²) < 4.78 is 0. The van der Waals surface area contributed by atoms with Crippen LogP contribution in [0.1, 0.15) is 39.0 Å². The predicted octanol–water partition coefficient (Wildman–Crippen LogP) is 0.712. The van der Waals surface area contributed by atoms with E-state index in [1.807, 2.05) is 6.92 Å². The van der Waals surface area contributed by atoms with Crippen molar-refractivity contribution in [3.05, 3.63) is 0 Å². The molecule has 0 spiro atoms. The molecule has 0 aromatic carbocycles. The molecule has 6 nitrogen and oxygen atoms in total. The molecule has 1 N–H and O–H groups in total. The lowest BCUT2D eigenvalue weighted by atomic mass is 9.83. The van der Waals surface area contributed by atoms with Crippen molar-refractivity contribution < 1.29 is 19.5 Å². The van der Waals surface area contributed by atoms with Crippen molar-refractivity contribution in [1.82, 2.24) is 9.80 Å². The van der Waals surface area contributed by atoms with Crippen LogP contribution in [0.2, 0.25) is 0 Å². The third-order valence-corrected chi connectivity index (χ3v) is 4.39. The monoisotopic (exact) mass is 282 g/mol. The van der Waals surface area contributed by atoms with E-state index in [1.54, 1.807) is 9.80 Å². The maximum atomic E-state index is 12.2. The van der Waals surface area contributed by atoms with Gasteiger partial charge < -0.3 is 14.9 Å². The van der Waals surface area contributed by atoms with Crippen molar-refractivity contribution in [2.75, 3.05) is 26.2 Å². The number of amides is 2. The molecule has 2 heterocycles. The molecule has 2 amide bonds. The molecule has 2 aliphatic rings. The lowest BCUT2D eigenvalue weighted by Crippen LogP contribution is -2.42. The van der Waals surface area contributed by atoms with Crippen LogP contribution in [0.15, 0.2) is 0 Å². The third kappa shape index (κ3) is 2.78. The second-order valence-electron chi connectivity index (χ2n) is 5.82. The van der Waals surface area contributed by atoms with Gasteiger partial charge >= 0.3 is 5.97 Å². The van der Waals surface area contributed by atoms with E-state index in [0.717, 1.165) is 12.8 Å². The van der Waals surface area contributed by atoms with Crippen molar-refractivity contribution in [2.45, 2.75) is 39.0 Å². The first-order valence-corrected chi connectivity index (χ1v) is 7.27. The maximum absolute atomic E-state index is 12.2. The van der Waals surface area contributed by atoms with Crippen LogP contribution in [-0.2, 0) is 14.4 Å². The summed E-state index contributed by atoms with van der Waals surface area (Å²) in [6, 6.07) is 0. The third-order valence-electron chi connectivity index (χ3n) is 4.39. The second kappa shape index (κ2) is 5.81. The lowest BCUT2D eigenvalue weighted by molar-refractivity contribution is -0.149. The molecule has 2 rings (SSSR count). The molecule has 0 aromatic heterocycles. The van der Waals surface area contributed by atoms with Gasteiger partial charge in [-0.05, 0) is 19.3 Å². The summed E-state index contributed by atoms with van der Waals surface area (Å²) in [6.45, 7) is 3.44. The molecule has 1 atom stereocenters. The van der Waals surface area contributed by atoms with Crippen LogP contribution in [0, 0.1) is 5.41 Å². The zero-order valence-electron chi connectivity index (χ0n) is 11.9. The topological polar surface area (TPSA) is 77.9 Å². The number of likely N-dealkylation sites (tertiary alicyclic amines) is 2. The SMILES string of the molecule is CCCC1(C(=O)O)CCN(C(=O)CN2CCCC2=O)C1. The standard InChI is InChI=1S/C14H22N2O4/c1-2-5-14(13(19)20)6-8-16(10-14)12(18)9-15-7-3-4-11(15)17/h2-10H2,1H3,(H,19,20). The molecule has 6 heteroatoms. The van der Waals surface area contributed by atoms with Crippen LogP contribution in [-0.4, -0.2) is 58.9 Å². The first-order chi connectivity index (χ1) is 9.48. The Hall–Kier alpha value is -1.59. The van der Waals surface area contributed by atoms with Crippen LogP contribution in [0.5, 0.6) is 0 Å². The summed E-state index contributed by atoms with van der Waals surface area (Å²) in [5.41, 5.74) is -0.792. The maximum Gasteiger partial charge on any atom is 0.311 e. The van der Waals surface area contributed by atoms with Gasteiger partial charge in [0.05, 0.1) is 12.0 Å². The van der Waals surface area contributed by atoms with E-state index in [9.17, 15) is 19.5 Å². The fraction of sp³-hybridized carbons (Fsp3) is 0.786. The Morgan fingerprint density at radius 1 is 1.35 bits per heavy atom. The highest BCUT2D eigenvalue weighted by atomic mass is 16.4. The average Bonchev–Trinajstić information content (AvgIpc) is 2.98. The molecule has 112 valence electrons. The normalized spacial score (nSPS) is 26.4. The predicted molar refractivity (Wildman–Crippen MR) is 72.0 cm³/mol.